The Morgan fingerprint density at radius 1 is 1.30 bits per heavy atom. The van der Waals surface area contributed by atoms with Crippen LogP contribution < -0.4 is 14.8 Å². The fourth-order valence-electron chi connectivity index (χ4n) is 1.83. The molecule has 20 heavy (non-hydrogen) atoms. The third kappa shape index (κ3) is 6.62. The highest BCUT2D eigenvalue weighted by atomic mass is 79.9. The monoisotopic (exact) mass is 343 g/mol. The smallest absolute Gasteiger partial charge is 0.134 e. The Morgan fingerprint density at radius 2 is 2.00 bits per heavy atom. The van der Waals surface area contributed by atoms with Crippen molar-refractivity contribution in [2.75, 3.05) is 13.7 Å². The van der Waals surface area contributed by atoms with Gasteiger partial charge in [-0.25, -0.2) is 0 Å². The molecule has 0 radical (unpaired) electrons. The molecule has 0 spiro atoms. The Hall–Kier alpha value is -0.740. The van der Waals surface area contributed by atoms with E-state index in [1.165, 1.54) is 0 Å². The lowest BCUT2D eigenvalue weighted by atomic mass is 10.1. The molecule has 0 saturated heterocycles. The first kappa shape index (κ1) is 17.3. The molecular weight excluding hydrogens is 318 g/mol. The molecule has 0 aromatic heterocycles. The first-order chi connectivity index (χ1) is 9.31. The van der Waals surface area contributed by atoms with Crippen LogP contribution in [-0.2, 0) is 0 Å². The second-order valence-corrected chi connectivity index (χ2v) is 6.90. The first-order valence-corrected chi connectivity index (χ1v) is 7.86. The summed E-state index contributed by atoms with van der Waals surface area (Å²) in [6, 6.07) is 5.77. The van der Waals surface area contributed by atoms with Crippen molar-refractivity contribution in [1.29, 1.82) is 0 Å². The van der Waals surface area contributed by atoms with Crippen LogP contribution in [0, 0.1) is 0 Å². The number of hydrogen-bond donors (Lipinski definition) is 1. The minimum absolute atomic E-state index is 0.184. The quantitative estimate of drug-likeness (QED) is 0.744. The molecule has 0 heterocycles. The van der Waals surface area contributed by atoms with Gasteiger partial charge in [-0.2, -0.15) is 0 Å². The van der Waals surface area contributed by atoms with Crippen LogP contribution in [-0.4, -0.2) is 25.3 Å². The summed E-state index contributed by atoms with van der Waals surface area (Å²) in [7, 11) is 1.66. The van der Waals surface area contributed by atoms with Gasteiger partial charge in [-0.05, 0) is 81.2 Å². The molecule has 0 fully saturated rings. The molecule has 4 heteroatoms. The molecule has 0 amide bonds. The fraction of sp³-hybridized carbons (Fsp3) is 0.625. The van der Waals surface area contributed by atoms with Gasteiger partial charge in [0.1, 0.15) is 11.5 Å². The van der Waals surface area contributed by atoms with Gasteiger partial charge in [-0.1, -0.05) is 0 Å². The van der Waals surface area contributed by atoms with E-state index in [1.807, 2.05) is 18.2 Å². The van der Waals surface area contributed by atoms with Crippen molar-refractivity contribution in [1.82, 2.24) is 5.32 Å². The maximum Gasteiger partial charge on any atom is 0.134 e. The van der Waals surface area contributed by atoms with E-state index in [-0.39, 0.29) is 11.6 Å². The molecule has 0 bridgehead atoms. The zero-order chi connectivity index (χ0) is 15.2. The van der Waals surface area contributed by atoms with E-state index in [0.29, 0.717) is 0 Å². The van der Waals surface area contributed by atoms with Crippen molar-refractivity contribution in [2.24, 2.45) is 0 Å². The van der Waals surface area contributed by atoms with Gasteiger partial charge in [0.2, 0.25) is 0 Å². The summed E-state index contributed by atoms with van der Waals surface area (Å²) in [5.74, 6) is 1.69. The topological polar surface area (TPSA) is 30.5 Å². The molecule has 0 aliphatic rings. The Bertz CT molecular complexity index is 415. The van der Waals surface area contributed by atoms with Gasteiger partial charge in [0.25, 0.3) is 0 Å². The summed E-state index contributed by atoms with van der Waals surface area (Å²) < 4.78 is 12.0. The SMILES string of the molecule is COc1ccc(OC(C)CCCNC(C)(C)C)c(Br)c1. The first-order valence-electron chi connectivity index (χ1n) is 7.07. The Balaban J connectivity index is 2.37. The lowest BCUT2D eigenvalue weighted by molar-refractivity contribution is 0.204. The average Bonchev–Trinajstić information content (AvgIpc) is 2.36. The van der Waals surface area contributed by atoms with Crippen LogP contribution in [0.5, 0.6) is 11.5 Å². The van der Waals surface area contributed by atoms with Crippen molar-refractivity contribution in [3.05, 3.63) is 22.7 Å². The number of halogens is 1. The lowest BCUT2D eigenvalue weighted by Crippen LogP contribution is -2.36. The summed E-state index contributed by atoms with van der Waals surface area (Å²) >= 11 is 3.51. The van der Waals surface area contributed by atoms with E-state index in [1.54, 1.807) is 7.11 Å². The average molecular weight is 344 g/mol. The summed E-state index contributed by atoms with van der Waals surface area (Å²) in [6.07, 6.45) is 2.33. The predicted octanol–water partition coefficient (Wildman–Crippen LogP) is 4.39. The number of hydrogen-bond acceptors (Lipinski definition) is 3. The van der Waals surface area contributed by atoms with Crippen molar-refractivity contribution < 1.29 is 9.47 Å². The van der Waals surface area contributed by atoms with E-state index in [0.717, 1.165) is 35.4 Å². The maximum atomic E-state index is 5.95. The fourth-order valence-corrected chi connectivity index (χ4v) is 2.28. The summed E-state index contributed by atoms with van der Waals surface area (Å²) in [6.45, 7) is 9.67. The Kier molecular flexibility index (Phi) is 6.83. The third-order valence-electron chi connectivity index (χ3n) is 2.91. The van der Waals surface area contributed by atoms with Gasteiger partial charge >= 0.3 is 0 Å². The van der Waals surface area contributed by atoms with E-state index in [9.17, 15) is 0 Å². The summed E-state index contributed by atoms with van der Waals surface area (Å²) in [4.78, 5) is 0. The van der Waals surface area contributed by atoms with Crippen molar-refractivity contribution in [3.8, 4) is 11.5 Å². The van der Waals surface area contributed by atoms with Crippen LogP contribution in [0.4, 0.5) is 0 Å². The molecule has 114 valence electrons. The molecule has 1 rings (SSSR count). The summed E-state index contributed by atoms with van der Waals surface area (Å²) in [5.41, 5.74) is 0.184. The van der Waals surface area contributed by atoms with E-state index >= 15 is 0 Å². The lowest BCUT2D eigenvalue weighted by Gasteiger charge is -2.21. The maximum absolute atomic E-state index is 5.95. The molecule has 0 saturated carbocycles. The highest BCUT2D eigenvalue weighted by Crippen LogP contribution is 2.30. The van der Waals surface area contributed by atoms with Crippen LogP contribution in [0.25, 0.3) is 0 Å². The molecule has 1 N–H and O–H groups in total. The highest BCUT2D eigenvalue weighted by Gasteiger charge is 2.10. The molecule has 1 aromatic carbocycles. The molecular formula is C16H26BrNO2. The molecule has 0 aliphatic heterocycles. The summed E-state index contributed by atoms with van der Waals surface area (Å²) in [5, 5.41) is 3.49. The number of nitrogens with one attached hydrogen (secondary N) is 1. The van der Waals surface area contributed by atoms with Gasteiger partial charge in [0.05, 0.1) is 17.7 Å². The molecule has 1 atom stereocenters. The third-order valence-corrected chi connectivity index (χ3v) is 3.53. The van der Waals surface area contributed by atoms with E-state index in [4.69, 9.17) is 9.47 Å². The highest BCUT2D eigenvalue weighted by molar-refractivity contribution is 9.10. The van der Waals surface area contributed by atoms with Gasteiger partial charge in [-0.15, -0.1) is 0 Å². The van der Waals surface area contributed by atoms with Crippen molar-refractivity contribution in [2.45, 2.75) is 52.2 Å². The zero-order valence-electron chi connectivity index (χ0n) is 13.1. The molecule has 1 unspecified atom stereocenters. The second kappa shape index (κ2) is 7.89. The molecule has 1 aromatic rings. The normalized spacial score (nSPS) is 13.1. The van der Waals surface area contributed by atoms with Crippen LogP contribution >= 0.6 is 15.9 Å². The van der Waals surface area contributed by atoms with Crippen LogP contribution in [0.15, 0.2) is 22.7 Å². The predicted molar refractivity (Wildman–Crippen MR) is 87.8 cm³/mol. The second-order valence-electron chi connectivity index (χ2n) is 6.04. The van der Waals surface area contributed by atoms with E-state index < -0.39 is 0 Å². The number of ether oxygens (including phenoxy) is 2. The Morgan fingerprint density at radius 3 is 2.55 bits per heavy atom. The van der Waals surface area contributed by atoms with Gasteiger partial charge in [-0.3, -0.25) is 0 Å². The largest absolute Gasteiger partial charge is 0.497 e. The number of rotatable bonds is 7. The number of benzene rings is 1. The molecule has 3 nitrogen and oxygen atoms in total. The minimum atomic E-state index is 0.184. The van der Waals surface area contributed by atoms with Gasteiger partial charge in [0, 0.05) is 5.54 Å². The zero-order valence-corrected chi connectivity index (χ0v) is 14.7. The van der Waals surface area contributed by atoms with Crippen LogP contribution in [0.1, 0.15) is 40.5 Å². The van der Waals surface area contributed by atoms with Crippen LogP contribution in [0.3, 0.4) is 0 Å². The standard InChI is InChI=1S/C16H26BrNO2/c1-12(7-6-10-18-16(2,3)4)20-15-9-8-13(19-5)11-14(15)17/h8-9,11-12,18H,6-7,10H2,1-5H3. The Labute approximate surface area is 131 Å². The van der Waals surface area contributed by atoms with Gasteiger partial charge in [0.15, 0.2) is 0 Å². The van der Waals surface area contributed by atoms with Crippen molar-refractivity contribution in [3.63, 3.8) is 0 Å². The minimum Gasteiger partial charge on any atom is -0.497 e. The van der Waals surface area contributed by atoms with Crippen LogP contribution in [0.2, 0.25) is 0 Å². The number of methoxy groups -OCH3 is 1. The van der Waals surface area contributed by atoms with E-state index in [2.05, 4.69) is 48.9 Å². The van der Waals surface area contributed by atoms with Gasteiger partial charge < -0.3 is 14.8 Å². The molecule has 0 aliphatic carbocycles. The van der Waals surface area contributed by atoms with Crippen molar-refractivity contribution >= 4 is 15.9 Å².